The van der Waals surface area contributed by atoms with E-state index in [1.54, 1.807) is 11.3 Å². The van der Waals surface area contributed by atoms with Crippen molar-refractivity contribution in [2.75, 3.05) is 0 Å². The number of alkyl halides is 1. The highest BCUT2D eigenvalue weighted by Crippen LogP contribution is 2.15. The van der Waals surface area contributed by atoms with E-state index in [9.17, 15) is 0 Å². The van der Waals surface area contributed by atoms with E-state index in [0.717, 1.165) is 12.8 Å². The van der Waals surface area contributed by atoms with Gasteiger partial charge in [0, 0.05) is 5.38 Å². The van der Waals surface area contributed by atoms with Crippen molar-refractivity contribution in [3.05, 3.63) is 22.4 Å². The fraction of sp³-hybridized carbons (Fsp3) is 0.600. The zero-order chi connectivity index (χ0) is 8.81. The van der Waals surface area contributed by atoms with Crippen LogP contribution in [0.1, 0.15) is 31.7 Å². The first-order valence-electron chi connectivity index (χ1n) is 4.48. The highest BCUT2D eigenvalue weighted by molar-refractivity contribution is 7.07. The van der Waals surface area contributed by atoms with Gasteiger partial charge in [0.25, 0.3) is 0 Å². The van der Waals surface area contributed by atoms with Crippen molar-refractivity contribution in [3.8, 4) is 0 Å². The Kier molecular flexibility index (Phi) is 4.70. The molecule has 0 aliphatic heterocycles. The second-order valence-corrected chi connectivity index (χ2v) is 4.47. The molecule has 1 heterocycles. The summed E-state index contributed by atoms with van der Waals surface area (Å²) < 4.78 is 0. The Morgan fingerprint density at radius 2 is 2.42 bits per heavy atom. The Labute approximate surface area is 83.6 Å². The van der Waals surface area contributed by atoms with Crippen molar-refractivity contribution in [1.82, 2.24) is 0 Å². The molecule has 0 aliphatic carbocycles. The molecule has 0 saturated carbocycles. The highest BCUT2D eigenvalue weighted by atomic mass is 35.5. The first kappa shape index (κ1) is 10.1. The van der Waals surface area contributed by atoms with Crippen LogP contribution in [0.25, 0.3) is 0 Å². The molecule has 0 spiro atoms. The van der Waals surface area contributed by atoms with Crippen LogP contribution in [0.4, 0.5) is 0 Å². The molecular formula is C10H15ClS. The van der Waals surface area contributed by atoms with Gasteiger partial charge in [-0.3, -0.25) is 0 Å². The minimum absolute atomic E-state index is 0.333. The molecule has 1 unspecified atom stereocenters. The summed E-state index contributed by atoms with van der Waals surface area (Å²) in [6.45, 7) is 2.20. The summed E-state index contributed by atoms with van der Waals surface area (Å²) in [5, 5.41) is 4.62. The molecule has 1 aromatic heterocycles. The van der Waals surface area contributed by atoms with Gasteiger partial charge in [0.15, 0.2) is 0 Å². The van der Waals surface area contributed by atoms with Crippen molar-refractivity contribution in [3.63, 3.8) is 0 Å². The van der Waals surface area contributed by atoms with Crippen molar-refractivity contribution in [2.45, 2.75) is 38.0 Å². The Hall–Kier alpha value is -0.0100. The SMILES string of the molecule is CCCCC(Cl)Cc1ccsc1. The van der Waals surface area contributed by atoms with Crippen LogP contribution in [0, 0.1) is 0 Å². The summed E-state index contributed by atoms with van der Waals surface area (Å²) in [4.78, 5) is 0. The smallest absolute Gasteiger partial charge is 0.0376 e. The topological polar surface area (TPSA) is 0 Å². The maximum atomic E-state index is 6.16. The van der Waals surface area contributed by atoms with E-state index in [0.29, 0.717) is 5.38 Å². The number of thiophene rings is 1. The fourth-order valence-electron chi connectivity index (χ4n) is 1.19. The van der Waals surface area contributed by atoms with E-state index in [1.807, 2.05) is 0 Å². The van der Waals surface area contributed by atoms with Crippen LogP contribution in [0.5, 0.6) is 0 Å². The number of unbranched alkanes of at least 4 members (excludes halogenated alkanes) is 1. The molecule has 68 valence electrons. The van der Waals surface area contributed by atoms with Crippen LogP contribution < -0.4 is 0 Å². The van der Waals surface area contributed by atoms with Crippen LogP contribution >= 0.6 is 22.9 Å². The summed E-state index contributed by atoms with van der Waals surface area (Å²) in [6.07, 6.45) is 4.67. The standard InChI is InChI=1S/C10H15ClS/c1-2-3-4-10(11)7-9-5-6-12-8-9/h5-6,8,10H,2-4,7H2,1H3. The van der Waals surface area contributed by atoms with E-state index in [4.69, 9.17) is 11.6 Å². The molecule has 1 rings (SSSR count). The fourth-order valence-corrected chi connectivity index (χ4v) is 2.21. The summed E-state index contributed by atoms with van der Waals surface area (Å²) >= 11 is 7.90. The Bertz CT molecular complexity index is 194. The highest BCUT2D eigenvalue weighted by Gasteiger charge is 2.04. The maximum absolute atomic E-state index is 6.16. The molecule has 1 atom stereocenters. The molecular weight excluding hydrogens is 188 g/mol. The van der Waals surface area contributed by atoms with Crippen LogP contribution in [0.2, 0.25) is 0 Å². The van der Waals surface area contributed by atoms with Gasteiger partial charge in [0.2, 0.25) is 0 Å². The number of halogens is 1. The summed E-state index contributed by atoms with van der Waals surface area (Å²) in [5.74, 6) is 0. The zero-order valence-corrected chi connectivity index (χ0v) is 9.00. The Morgan fingerprint density at radius 3 is 3.00 bits per heavy atom. The van der Waals surface area contributed by atoms with Crippen LogP contribution in [-0.4, -0.2) is 5.38 Å². The Balaban J connectivity index is 2.22. The van der Waals surface area contributed by atoms with Crippen molar-refractivity contribution in [1.29, 1.82) is 0 Å². The average Bonchev–Trinajstić information content (AvgIpc) is 2.53. The second-order valence-electron chi connectivity index (χ2n) is 3.08. The summed E-state index contributed by atoms with van der Waals surface area (Å²) in [6, 6.07) is 2.16. The minimum Gasteiger partial charge on any atom is -0.152 e. The van der Waals surface area contributed by atoms with Gasteiger partial charge in [-0.25, -0.2) is 0 Å². The van der Waals surface area contributed by atoms with Gasteiger partial charge in [-0.2, -0.15) is 11.3 Å². The number of rotatable bonds is 5. The second kappa shape index (κ2) is 5.60. The zero-order valence-electron chi connectivity index (χ0n) is 7.42. The normalized spacial score (nSPS) is 13.2. The summed E-state index contributed by atoms with van der Waals surface area (Å²) in [7, 11) is 0. The van der Waals surface area contributed by atoms with E-state index in [2.05, 4.69) is 23.8 Å². The number of hydrogen-bond donors (Lipinski definition) is 0. The van der Waals surface area contributed by atoms with Crippen molar-refractivity contribution >= 4 is 22.9 Å². The molecule has 0 aliphatic rings. The van der Waals surface area contributed by atoms with E-state index < -0.39 is 0 Å². The van der Waals surface area contributed by atoms with Gasteiger partial charge in [0.05, 0.1) is 0 Å². The first-order chi connectivity index (χ1) is 5.83. The lowest BCUT2D eigenvalue weighted by molar-refractivity contribution is 0.674. The molecule has 0 N–H and O–H groups in total. The maximum Gasteiger partial charge on any atom is 0.0376 e. The van der Waals surface area contributed by atoms with E-state index in [1.165, 1.54) is 18.4 Å². The van der Waals surface area contributed by atoms with Crippen LogP contribution in [0.3, 0.4) is 0 Å². The monoisotopic (exact) mass is 202 g/mol. The molecule has 0 fully saturated rings. The predicted octanol–water partition coefficient (Wildman–Crippen LogP) is 4.09. The molecule has 0 bridgehead atoms. The third-order valence-electron chi connectivity index (χ3n) is 1.91. The molecule has 0 nitrogen and oxygen atoms in total. The van der Waals surface area contributed by atoms with Gasteiger partial charge in [-0.15, -0.1) is 11.6 Å². The summed E-state index contributed by atoms with van der Waals surface area (Å²) in [5.41, 5.74) is 1.39. The predicted molar refractivity (Wildman–Crippen MR) is 57.2 cm³/mol. The molecule has 1 aromatic rings. The molecule has 12 heavy (non-hydrogen) atoms. The van der Waals surface area contributed by atoms with Gasteiger partial charge in [0.1, 0.15) is 0 Å². The lowest BCUT2D eigenvalue weighted by Gasteiger charge is -2.06. The molecule has 0 aromatic carbocycles. The number of hydrogen-bond acceptors (Lipinski definition) is 1. The van der Waals surface area contributed by atoms with Gasteiger partial charge in [-0.1, -0.05) is 19.8 Å². The molecule has 0 amide bonds. The van der Waals surface area contributed by atoms with Gasteiger partial charge >= 0.3 is 0 Å². The average molecular weight is 203 g/mol. The third-order valence-corrected chi connectivity index (χ3v) is 3.01. The molecule has 0 radical (unpaired) electrons. The largest absolute Gasteiger partial charge is 0.152 e. The van der Waals surface area contributed by atoms with Gasteiger partial charge in [-0.05, 0) is 35.2 Å². The first-order valence-corrected chi connectivity index (χ1v) is 5.86. The van der Waals surface area contributed by atoms with Crippen LogP contribution in [-0.2, 0) is 6.42 Å². The Morgan fingerprint density at radius 1 is 1.58 bits per heavy atom. The lowest BCUT2D eigenvalue weighted by atomic mass is 10.1. The van der Waals surface area contributed by atoms with Gasteiger partial charge < -0.3 is 0 Å². The van der Waals surface area contributed by atoms with E-state index >= 15 is 0 Å². The van der Waals surface area contributed by atoms with Crippen molar-refractivity contribution < 1.29 is 0 Å². The lowest BCUT2D eigenvalue weighted by Crippen LogP contribution is -2.01. The minimum atomic E-state index is 0.333. The van der Waals surface area contributed by atoms with Crippen molar-refractivity contribution in [2.24, 2.45) is 0 Å². The molecule has 0 saturated heterocycles. The van der Waals surface area contributed by atoms with E-state index in [-0.39, 0.29) is 0 Å². The quantitative estimate of drug-likeness (QED) is 0.631. The molecule has 2 heteroatoms. The van der Waals surface area contributed by atoms with Crippen LogP contribution in [0.15, 0.2) is 16.8 Å². The third kappa shape index (κ3) is 3.59.